The summed E-state index contributed by atoms with van der Waals surface area (Å²) in [5, 5.41) is 2.78. The lowest BCUT2D eigenvalue weighted by atomic mass is 9.96. The maximum atomic E-state index is 12.8. The number of para-hydroxylation sites is 1. The first kappa shape index (κ1) is 20.4. The highest BCUT2D eigenvalue weighted by molar-refractivity contribution is 6.00. The van der Waals surface area contributed by atoms with Crippen LogP contribution >= 0.6 is 0 Å². The first-order chi connectivity index (χ1) is 14.0. The molecule has 0 bridgehead atoms. The van der Waals surface area contributed by atoms with Crippen molar-refractivity contribution in [2.75, 3.05) is 25.1 Å². The van der Waals surface area contributed by atoms with Crippen LogP contribution in [-0.4, -0.2) is 37.7 Å². The molecule has 0 radical (unpaired) electrons. The second kappa shape index (κ2) is 9.23. The van der Waals surface area contributed by atoms with Crippen LogP contribution in [0.15, 0.2) is 42.5 Å². The number of amides is 1. The molecule has 0 saturated carbocycles. The molecule has 7 nitrogen and oxygen atoms in total. The van der Waals surface area contributed by atoms with Gasteiger partial charge in [-0.2, -0.15) is 0 Å². The number of esters is 2. The van der Waals surface area contributed by atoms with Crippen LogP contribution in [0.5, 0.6) is 5.75 Å². The Hall–Kier alpha value is -3.35. The van der Waals surface area contributed by atoms with Crippen LogP contribution in [0.1, 0.15) is 40.1 Å². The van der Waals surface area contributed by atoms with Crippen molar-refractivity contribution in [1.29, 1.82) is 0 Å². The molecule has 2 aromatic carbocycles. The van der Waals surface area contributed by atoms with Gasteiger partial charge in [0, 0.05) is 5.69 Å². The topological polar surface area (TPSA) is 90.9 Å². The summed E-state index contributed by atoms with van der Waals surface area (Å²) in [5.41, 5.74) is 1.62. The van der Waals surface area contributed by atoms with E-state index in [1.54, 1.807) is 13.8 Å². The van der Waals surface area contributed by atoms with Gasteiger partial charge in [-0.05, 0) is 50.1 Å². The fraction of sp³-hybridized carbons (Fsp3) is 0.318. The number of ether oxygens (including phenoxy) is 3. The summed E-state index contributed by atoms with van der Waals surface area (Å²) in [4.78, 5) is 37.1. The smallest absolute Gasteiger partial charge is 0.338 e. The quantitative estimate of drug-likeness (QED) is 0.753. The van der Waals surface area contributed by atoms with E-state index in [9.17, 15) is 14.4 Å². The predicted molar refractivity (Wildman–Crippen MR) is 106 cm³/mol. The lowest BCUT2D eigenvalue weighted by Crippen LogP contribution is -2.32. The van der Waals surface area contributed by atoms with Crippen molar-refractivity contribution in [3.63, 3.8) is 0 Å². The van der Waals surface area contributed by atoms with Gasteiger partial charge in [-0.3, -0.25) is 4.79 Å². The molecule has 1 unspecified atom stereocenters. The van der Waals surface area contributed by atoms with E-state index in [4.69, 9.17) is 14.2 Å². The number of carbonyl (C=O) groups is 3. The average Bonchev–Trinajstić information content (AvgIpc) is 2.73. The first-order valence-corrected chi connectivity index (χ1v) is 9.52. The maximum absolute atomic E-state index is 12.8. The standard InChI is InChI=1S/C22H23NO6/c1-3-27-21(25)15-10-16(22(26)28-4-2)12-18(11-15)23-20(24)17-9-14-7-5-6-8-19(14)29-13-17/h5-8,10-12,17H,3-4,9,13H2,1-2H3,(H,23,24). The van der Waals surface area contributed by atoms with Crippen LogP contribution in [0.2, 0.25) is 0 Å². The number of anilines is 1. The van der Waals surface area contributed by atoms with Crippen LogP contribution in [0, 0.1) is 5.92 Å². The predicted octanol–water partition coefficient (Wildman–Crippen LogP) is 3.23. The molecular weight excluding hydrogens is 374 g/mol. The van der Waals surface area contributed by atoms with Crippen molar-refractivity contribution in [3.8, 4) is 5.75 Å². The molecule has 1 aliphatic heterocycles. The minimum atomic E-state index is -0.580. The minimum Gasteiger partial charge on any atom is -0.492 e. The normalized spacial score (nSPS) is 14.9. The Bertz CT molecular complexity index is 887. The number of fused-ring (bicyclic) bond motifs is 1. The molecule has 1 heterocycles. The van der Waals surface area contributed by atoms with Gasteiger partial charge in [0.1, 0.15) is 12.4 Å². The molecule has 1 atom stereocenters. The van der Waals surface area contributed by atoms with Gasteiger partial charge in [0.25, 0.3) is 0 Å². The molecule has 3 rings (SSSR count). The van der Waals surface area contributed by atoms with Crippen molar-refractivity contribution >= 4 is 23.5 Å². The Morgan fingerprint density at radius 1 is 1.00 bits per heavy atom. The largest absolute Gasteiger partial charge is 0.492 e. The van der Waals surface area contributed by atoms with E-state index >= 15 is 0 Å². The molecule has 2 aromatic rings. The summed E-state index contributed by atoms with van der Waals surface area (Å²) >= 11 is 0. The van der Waals surface area contributed by atoms with E-state index in [0.717, 1.165) is 11.3 Å². The highest BCUT2D eigenvalue weighted by atomic mass is 16.5. The van der Waals surface area contributed by atoms with E-state index in [0.29, 0.717) is 12.1 Å². The molecular formula is C22H23NO6. The lowest BCUT2D eigenvalue weighted by Gasteiger charge is -2.24. The summed E-state index contributed by atoms with van der Waals surface area (Å²) in [7, 11) is 0. The summed E-state index contributed by atoms with van der Waals surface area (Å²) in [6.45, 7) is 4.03. The van der Waals surface area contributed by atoms with Crippen molar-refractivity contribution in [1.82, 2.24) is 0 Å². The van der Waals surface area contributed by atoms with Crippen LogP contribution in [0.25, 0.3) is 0 Å². The highest BCUT2D eigenvalue weighted by Crippen LogP contribution is 2.28. The molecule has 0 spiro atoms. The van der Waals surface area contributed by atoms with Gasteiger partial charge < -0.3 is 19.5 Å². The third-order valence-electron chi connectivity index (χ3n) is 4.47. The summed E-state index contributed by atoms with van der Waals surface area (Å²) in [5.74, 6) is -1.02. The first-order valence-electron chi connectivity index (χ1n) is 9.52. The second-order valence-corrected chi connectivity index (χ2v) is 6.55. The molecule has 152 valence electrons. The zero-order valence-corrected chi connectivity index (χ0v) is 16.4. The van der Waals surface area contributed by atoms with Crippen LogP contribution in [0.3, 0.4) is 0 Å². The van der Waals surface area contributed by atoms with Gasteiger partial charge >= 0.3 is 11.9 Å². The fourth-order valence-electron chi connectivity index (χ4n) is 3.11. The van der Waals surface area contributed by atoms with E-state index in [1.165, 1.54) is 18.2 Å². The van der Waals surface area contributed by atoms with E-state index in [-0.39, 0.29) is 42.8 Å². The fourth-order valence-corrected chi connectivity index (χ4v) is 3.11. The lowest BCUT2D eigenvalue weighted by molar-refractivity contribution is -0.121. The van der Waals surface area contributed by atoms with Gasteiger partial charge in [-0.25, -0.2) is 9.59 Å². The molecule has 0 fully saturated rings. The monoisotopic (exact) mass is 397 g/mol. The molecule has 7 heteroatoms. The van der Waals surface area contributed by atoms with Crippen LogP contribution < -0.4 is 10.1 Å². The zero-order valence-electron chi connectivity index (χ0n) is 16.4. The number of rotatable bonds is 6. The minimum absolute atomic E-state index is 0.165. The molecule has 0 aromatic heterocycles. The molecule has 0 aliphatic carbocycles. The number of carbonyl (C=O) groups excluding carboxylic acids is 3. The summed E-state index contributed by atoms with van der Waals surface area (Å²) in [6, 6.07) is 11.9. The van der Waals surface area contributed by atoms with Crippen molar-refractivity contribution in [2.24, 2.45) is 5.92 Å². The number of benzene rings is 2. The van der Waals surface area contributed by atoms with Crippen molar-refractivity contribution in [2.45, 2.75) is 20.3 Å². The molecule has 1 amide bonds. The third kappa shape index (κ3) is 4.93. The zero-order chi connectivity index (χ0) is 20.8. The molecule has 1 aliphatic rings. The van der Waals surface area contributed by atoms with Crippen molar-refractivity contribution < 1.29 is 28.6 Å². The summed E-state index contributed by atoms with van der Waals surface area (Å²) in [6.07, 6.45) is 0.546. The van der Waals surface area contributed by atoms with Gasteiger partial charge in [0.15, 0.2) is 0 Å². The SMILES string of the molecule is CCOC(=O)c1cc(NC(=O)C2COc3ccccc3C2)cc(C(=O)OCC)c1. The van der Waals surface area contributed by atoms with Crippen LogP contribution in [-0.2, 0) is 20.7 Å². The Kier molecular flexibility index (Phi) is 6.49. The van der Waals surface area contributed by atoms with Gasteiger partial charge in [-0.15, -0.1) is 0 Å². The maximum Gasteiger partial charge on any atom is 0.338 e. The number of hydrogen-bond acceptors (Lipinski definition) is 6. The highest BCUT2D eigenvalue weighted by Gasteiger charge is 2.26. The molecule has 0 saturated heterocycles. The van der Waals surface area contributed by atoms with E-state index < -0.39 is 11.9 Å². The third-order valence-corrected chi connectivity index (χ3v) is 4.47. The second-order valence-electron chi connectivity index (χ2n) is 6.55. The van der Waals surface area contributed by atoms with Gasteiger partial charge in [0.05, 0.1) is 30.3 Å². The van der Waals surface area contributed by atoms with Crippen molar-refractivity contribution in [3.05, 3.63) is 59.2 Å². The average molecular weight is 397 g/mol. The van der Waals surface area contributed by atoms with Crippen LogP contribution in [0.4, 0.5) is 5.69 Å². The Balaban J connectivity index is 1.80. The molecule has 29 heavy (non-hydrogen) atoms. The van der Waals surface area contributed by atoms with E-state index in [1.807, 2.05) is 24.3 Å². The van der Waals surface area contributed by atoms with E-state index in [2.05, 4.69) is 5.32 Å². The van der Waals surface area contributed by atoms with Gasteiger partial charge in [0.2, 0.25) is 5.91 Å². The number of hydrogen-bond donors (Lipinski definition) is 1. The summed E-state index contributed by atoms with van der Waals surface area (Å²) < 4.78 is 15.7. The number of nitrogens with one attached hydrogen (secondary N) is 1. The van der Waals surface area contributed by atoms with Gasteiger partial charge in [-0.1, -0.05) is 18.2 Å². The Labute approximate surface area is 169 Å². The molecule has 1 N–H and O–H groups in total. The Morgan fingerprint density at radius 3 is 2.24 bits per heavy atom. The Morgan fingerprint density at radius 2 is 1.62 bits per heavy atom.